The van der Waals surface area contributed by atoms with Gasteiger partial charge in [-0.3, -0.25) is 0 Å². The van der Waals surface area contributed by atoms with Crippen molar-refractivity contribution in [1.29, 1.82) is 10.5 Å². The minimum Gasteiger partial charge on any atom is -0.198 e. The molecule has 0 bridgehead atoms. The van der Waals surface area contributed by atoms with Crippen molar-refractivity contribution in [3.63, 3.8) is 0 Å². The van der Waals surface area contributed by atoms with Gasteiger partial charge in [0.25, 0.3) is 0 Å². The molecule has 0 unspecified atom stereocenters. The highest BCUT2D eigenvalue weighted by atomic mass is 14.5. The van der Waals surface area contributed by atoms with Gasteiger partial charge in [0.1, 0.15) is 0 Å². The number of fused-ring (bicyclic) bond motifs is 1. The average molecular weight is 188 g/mol. The average Bonchev–Trinajstić information content (AvgIpc) is 2.28. The summed E-state index contributed by atoms with van der Waals surface area (Å²) < 4.78 is 0. The van der Waals surface area contributed by atoms with E-state index in [0.717, 1.165) is 25.7 Å². The van der Waals surface area contributed by atoms with Crippen molar-refractivity contribution in [2.75, 3.05) is 0 Å². The largest absolute Gasteiger partial charge is 0.198 e. The highest BCUT2D eigenvalue weighted by molar-refractivity contribution is 5.10. The lowest BCUT2D eigenvalue weighted by Crippen LogP contribution is -2.38. The van der Waals surface area contributed by atoms with Crippen molar-refractivity contribution >= 4 is 0 Å². The number of nitriles is 2. The lowest BCUT2D eigenvalue weighted by molar-refractivity contribution is 0.0832. The van der Waals surface area contributed by atoms with Crippen LogP contribution in [-0.4, -0.2) is 0 Å². The smallest absolute Gasteiger partial charge is 0.0693 e. The maximum Gasteiger partial charge on any atom is 0.0693 e. The molecule has 0 N–H and O–H groups in total. The SMILES string of the molecule is N#C[C@@H]1CC[C@@H]2CCCC[C@]2(C#N)C1. The molecule has 2 fully saturated rings. The Morgan fingerprint density at radius 2 is 1.93 bits per heavy atom. The molecule has 0 radical (unpaired) electrons. The maximum absolute atomic E-state index is 9.33. The van der Waals surface area contributed by atoms with Gasteiger partial charge in [-0.2, -0.15) is 10.5 Å². The zero-order chi connectivity index (χ0) is 10.0. The van der Waals surface area contributed by atoms with Gasteiger partial charge in [0.05, 0.1) is 17.6 Å². The van der Waals surface area contributed by atoms with Crippen molar-refractivity contribution in [3.05, 3.63) is 0 Å². The van der Waals surface area contributed by atoms with E-state index in [9.17, 15) is 5.26 Å². The van der Waals surface area contributed by atoms with Gasteiger partial charge in [0, 0.05) is 5.92 Å². The van der Waals surface area contributed by atoms with Gasteiger partial charge < -0.3 is 0 Å². The van der Waals surface area contributed by atoms with Crippen molar-refractivity contribution < 1.29 is 0 Å². The summed E-state index contributed by atoms with van der Waals surface area (Å²) in [5.41, 5.74) is -0.128. The zero-order valence-corrected chi connectivity index (χ0v) is 8.50. The lowest BCUT2D eigenvalue weighted by atomic mass is 9.58. The second kappa shape index (κ2) is 3.62. The van der Waals surface area contributed by atoms with E-state index in [2.05, 4.69) is 12.1 Å². The summed E-state index contributed by atoms with van der Waals surface area (Å²) in [5.74, 6) is 0.731. The van der Waals surface area contributed by atoms with Crippen LogP contribution in [-0.2, 0) is 0 Å². The Hall–Kier alpha value is -1.02. The van der Waals surface area contributed by atoms with Crippen LogP contribution in [0, 0.1) is 39.9 Å². The molecule has 0 aromatic carbocycles. The Balaban J connectivity index is 2.19. The molecule has 0 aromatic heterocycles. The summed E-state index contributed by atoms with van der Waals surface area (Å²) >= 11 is 0. The van der Waals surface area contributed by atoms with Gasteiger partial charge in [-0.05, 0) is 38.0 Å². The first-order chi connectivity index (χ1) is 6.80. The van der Waals surface area contributed by atoms with E-state index < -0.39 is 0 Å². The van der Waals surface area contributed by atoms with Crippen LogP contribution in [0.1, 0.15) is 44.9 Å². The van der Waals surface area contributed by atoms with E-state index in [1.165, 1.54) is 19.3 Å². The predicted molar refractivity (Wildman–Crippen MR) is 53.0 cm³/mol. The lowest BCUT2D eigenvalue weighted by Gasteiger charge is -2.43. The second-order valence-corrected chi connectivity index (χ2v) is 4.82. The first-order valence-corrected chi connectivity index (χ1v) is 5.61. The first kappa shape index (κ1) is 9.53. The molecule has 2 heteroatoms. The Kier molecular flexibility index (Phi) is 2.46. The standard InChI is InChI=1S/C12H16N2/c13-8-10-4-5-11-3-1-2-6-12(11,7-10)9-14/h10-11H,1-7H2/t10-,11+,12-/m1/s1. The molecule has 74 valence electrons. The minimum atomic E-state index is -0.128. The number of hydrogen-bond acceptors (Lipinski definition) is 2. The van der Waals surface area contributed by atoms with Crippen LogP contribution in [0.25, 0.3) is 0 Å². The first-order valence-electron chi connectivity index (χ1n) is 5.61. The van der Waals surface area contributed by atoms with Gasteiger partial charge in [0.2, 0.25) is 0 Å². The summed E-state index contributed by atoms with van der Waals surface area (Å²) in [6, 6.07) is 4.88. The van der Waals surface area contributed by atoms with Crippen molar-refractivity contribution in [2.45, 2.75) is 44.9 Å². The Labute approximate surface area is 85.5 Å². The molecular weight excluding hydrogens is 172 g/mol. The molecule has 0 aliphatic heterocycles. The van der Waals surface area contributed by atoms with Gasteiger partial charge in [-0.15, -0.1) is 0 Å². The second-order valence-electron chi connectivity index (χ2n) is 4.82. The van der Waals surface area contributed by atoms with Crippen molar-refractivity contribution in [1.82, 2.24) is 0 Å². The molecule has 2 rings (SSSR count). The molecule has 2 saturated carbocycles. The van der Waals surface area contributed by atoms with E-state index in [1.807, 2.05) is 0 Å². The quantitative estimate of drug-likeness (QED) is 0.586. The third-order valence-corrected chi connectivity index (χ3v) is 4.09. The maximum atomic E-state index is 9.33. The summed E-state index contributed by atoms with van der Waals surface area (Å²) in [5, 5.41) is 18.3. The monoisotopic (exact) mass is 188 g/mol. The predicted octanol–water partition coefficient (Wildman–Crippen LogP) is 3.01. The van der Waals surface area contributed by atoms with E-state index >= 15 is 0 Å². The third kappa shape index (κ3) is 1.40. The van der Waals surface area contributed by atoms with Gasteiger partial charge in [0.15, 0.2) is 0 Å². The molecule has 0 aromatic rings. The fourth-order valence-electron chi connectivity index (χ4n) is 3.25. The summed E-state index contributed by atoms with van der Waals surface area (Å²) in [6.07, 6.45) is 7.67. The number of hydrogen-bond donors (Lipinski definition) is 0. The molecule has 14 heavy (non-hydrogen) atoms. The van der Waals surface area contributed by atoms with E-state index in [1.54, 1.807) is 0 Å². The molecule has 0 heterocycles. The molecule has 0 amide bonds. The van der Waals surface area contributed by atoms with Crippen LogP contribution in [0.15, 0.2) is 0 Å². The normalized spacial score (nSPS) is 41.9. The minimum absolute atomic E-state index is 0.128. The van der Waals surface area contributed by atoms with Crippen LogP contribution in [0.3, 0.4) is 0 Å². The Morgan fingerprint density at radius 1 is 1.07 bits per heavy atom. The highest BCUT2D eigenvalue weighted by Crippen LogP contribution is 2.51. The Bertz CT molecular complexity index is 296. The van der Waals surface area contributed by atoms with Crippen LogP contribution in [0.4, 0.5) is 0 Å². The third-order valence-electron chi connectivity index (χ3n) is 4.09. The Morgan fingerprint density at radius 3 is 2.64 bits per heavy atom. The summed E-state index contributed by atoms with van der Waals surface area (Å²) in [7, 11) is 0. The topological polar surface area (TPSA) is 47.6 Å². The van der Waals surface area contributed by atoms with E-state index in [-0.39, 0.29) is 11.3 Å². The van der Waals surface area contributed by atoms with E-state index in [4.69, 9.17) is 5.26 Å². The summed E-state index contributed by atoms with van der Waals surface area (Å²) in [4.78, 5) is 0. The van der Waals surface area contributed by atoms with E-state index in [0.29, 0.717) is 5.92 Å². The molecule has 2 aliphatic rings. The number of nitrogens with zero attached hydrogens (tertiary/aromatic N) is 2. The van der Waals surface area contributed by atoms with Crippen molar-refractivity contribution in [3.8, 4) is 12.1 Å². The van der Waals surface area contributed by atoms with Gasteiger partial charge >= 0.3 is 0 Å². The van der Waals surface area contributed by atoms with Crippen molar-refractivity contribution in [2.24, 2.45) is 17.3 Å². The molecule has 3 atom stereocenters. The van der Waals surface area contributed by atoms with Crippen LogP contribution in [0.2, 0.25) is 0 Å². The molecule has 2 nitrogen and oxygen atoms in total. The molecule has 2 aliphatic carbocycles. The van der Waals surface area contributed by atoms with Gasteiger partial charge in [-0.1, -0.05) is 12.8 Å². The number of rotatable bonds is 0. The molecule has 0 spiro atoms. The molecule has 0 saturated heterocycles. The van der Waals surface area contributed by atoms with Crippen LogP contribution < -0.4 is 0 Å². The fraction of sp³-hybridized carbons (Fsp3) is 0.833. The van der Waals surface area contributed by atoms with Gasteiger partial charge in [-0.25, -0.2) is 0 Å². The molecular formula is C12H16N2. The zero-order valence-electron chi connectivity index (χ0n) is 8.50. The summed E-state index contributed by atoms with van der Waals surface area (Å²) in [6.45, 7) is 0. The fourth-order valence-corrected chi connectivity index (χ4v) is 3.25. The van der Waals surface area contributed by atoms with Crippen LogP contribution >= 0.6 is 0 Å². The highest BCUT2D eigenvalue weighted by Gasteiger charge is 2.45. The van der Waals surface area contributed by atoms with Crippen LogP contribution in [0.5, 0.6) is 0 Å².